The van der Waals surface area contributed by atoms with Gasteiger partial charge in [-0.2, -0.15) is 4.31 Å². The molecule has 0 radical (unpaired) electrons. The zero-order chi connectivity index (χ0) is 21.7. The van der Waals surface area contributed by atoms with E-state index in [1.54, 1.807) is 19.2 Å². The second kappa shape index (κ2) is 9.59. The van der Waals surface area contributed by atoms with Crippen molar-refractivity contribution in [1.82, 2.24) is 9.62 Å². The van der Waals surface area contributed by atoms with Gasteiger partial charge in [-0.25, -0.2) is 8.42 Å². The minimum atomic E-state index is -3.70. The molecule has 0 spiro atoms. The van der Waals surface area contributed by atoms with E-state index in [0.717, 1.165) is 11.3 Å². The van der Waals surface area contributed by atoms with Gasteiger partial charge in [-0.05, 0) is 50.1 Å². The monoisotopic (exact) mass is 432 g/mol. The summed E-state index contributed by atoms with van der Waals surface area (Å²) >= 11 is 0. The molecule has 1 fully saturated rings. The van der Waals surface area contributed by atoms with Gasteiger partial charge in [-0.3, -0.25) is 4.79 Å². The number of nitrogens with one attached hydrogen (secondary N) is 1. The number of nitrogens with zero attached hydrogens (tertiary/aromatic N) is 1. The Bertz CT molecular complexity index is 983. The van der Waals surface area contributed by atoms with E-state index in [-0.39, 0.29) is 23.0 Å². The van der Waals surface area contributed by atoms with Crippen LogP contribution in [0, 0.1) is 0 Å². The quantitative estimate of drug-likeness (QED) is 0.727. The van der Waals surface area contributed by atoms with Crippen molar-refractivity contribution in [2.75, 3.05) is 26.7 Å². The van der Waals surface area contributed by atoms with Crippen molar-refractivity contribution in [2.24, 2.45) is 0 Å². The first-order valence-corrected chi connectivity index (χ1v) is 11.4. The molecule has 2 atom stereocenters. The summed E-state index contributed by atoms with van der Waals surface area (Å²) in [4.78, 5) is 12.7. The Morgan fingerprint density at radius 3 is 2.53 bits per heavy atom. The third-order valence-electron chi connectivity index (χ3n) is 4.99. The van der Waals surface area contributed by atoms with Gasteiger partial charge in [0.1, 0.15) is 5.75 Å². The minimum Gasteiger partial charge on any atom is -0.496 e. The molecule has 3 rings (SSSR count). The molecule has 8 heteroatoms. The van der Waals surface area contributed by atoms with E-state index in [9.17, 15) is 13.2 Å². The van der Waals surface area contributed by atoms with Crippen LogP contribution in [0.15, 0.2) is 53.4 Å². The average molecular weight is 433 g/mol. The largest absolute Gasteiger partial charge is 0.496 e. The highest BCUT2D eigenvalue weighted by Gasteiger charge is 2.32. The Balaban J connectivity index is 1.67. The lowest BCUT2D eigenvalue weighted by molar-refractivity contribution is -0.0440. The van der Waals surface area contributed by atoms with Crippen LogP contribution in [0.5, 0.6) is 5.75 Å². The maximum atomic E-state index is 13.0. The normalized spacial score (nSPS) is 20.0. The van der Waals surface area contributed by atoms with E-state index in [0.29, 0.717) is 31.6 Å². The molecular formula is C22H28N2O5S. The maximum Gasteiger partial charge on any atom is 0.251 e. The van der Waals surface area contributed by atoms with Crippen molar-refractivity contribution >= 4 is 15.9 Å². The number of rotatable bonds is 7. The molecule has 2 unspecified atom stereocenters. The first-order valence-electron chi connectivity index (χ1n) is 9.97. The minimum absolute atomic E-state index is 0.112. The third-order valence-corrected chi connectivity index (χ3v) is 6.82. The number of carbonyl (C=O) groups is 1. The van der Waals surface area contributed by atoms with Gasteiger partial charge in [0, 0.05) is 25.2 Å². The van der Waals surface area contributed by atoms with E-state index >= 15 is 0 Å². The molecule has 1 heterocycles. The SMILES string of the molecule is COc1ccccc1CCNC(=O)c1cccc(S(=O)(=O)N2CC(C)OC(C)C2)c1. The fourth-order valence-electron chi connectivity index (χ4n) is 3.60. The molecule has 30 heavy (non-hydrogen) atoms. The summed E-state index contributed by atoms with van der Waals surface area (Å²) in [6.07, 6.45) is 0.257. The van der Waals surface area contributed by atoms with E-state index in [4.69, 9.17) is 9.47 Å². The summed E-state index contributed by atoms with van der Waals surface area (Å²) in [5.41, 5.74) is 1.30. The number of morpholine rings is 1. The van der Waals surface area contributed by atoms with Crippen molar-refractivity contribution < 1.29 is 22.7 Å². The van der Waals surface area contributed by atoms with Crippen molar-refractivity contribution in [3.05, 3.63) is 59.7 Å². The summed E-state index contributed by atoms with van der Waals surface area (Å²) < 4.78 is 38.5. The number of amides is 1. The first kappa shape index (κ1) is 22.3. The van der Waals surface area contributed by atoms with Crippen molar-refractivity contribution in [1.29, 1.82) is 0 Å². The van der Waals surface area contributed by atoms with Crippen molar-refractivity contribution in [2.45, 2.75) is 37.4 Å². The van der Waals surface area contributed by atoms with Crippen molar-refractivity contribution in [3.8, 4) is 5.75 Å². The van der Waals surface area contributed by atoms with Gasteiger partial charge in [0.25, 0.3) is 5.91 Å². The Morgan fingerprint density at radius 2 is 1.83 bits per heavy atom. The Kier molecular flexibility index (Phi) is 7.12. The fourth-order valence-corrected chi connectivity index (χ4v) is 5.23. The number of ether oxygens (including phenoxy) is 2. The predicted molar refractivity (Wildman–Crippen MR) is 114 cm³/mol. The summed E-state index contributed by atoms with van der Waals surface area (Å²) in [6, 6.07) is 13.8. The standard InChI is InChI=1S/C22H28N2O5S/c1-16-14-24(15-17(2)29-16)30(26,27)20-9-6-8-19(13-20)22(25)23-12-11-18-7-4-5-10-21(18)28-3/h4-10,13,16-17H,11-12,14-15H2,1-3H3,(H,23,25). The maximum absolute atomic E-state index is 13.0. The number of hydrogen-bond donors (Lipinski definition) is 1. The van der Waals surface area contributed by atoms with Crippen LogP contribution in [0.4, 0.5) is 0 Å². The predicted octanol–water partition coefficient (Wildman–Crippen LogP) is 2.47. The highest BCUT2D eigenvalue weighted by atomic mass is 32.2. The second-order valence-corrected chi connectivity index (χ2v) is 9.36. The van der Waals surface area contributed by atoms with Crippen LogP contribution in [-0.4, -0.2) is 57.6 Å². The molecule has 1 aliphatic heterocycles. The van der Waals surface area contributed by atoms with Gasteiger partial charge in [0.05, 0.1) is 24.2 Å². The van der Waals surface area contributed by atoms with Gasteiger partial charge in [-0.1, -0.05) is 24.3 Å². The fraction of sp³-hybridized carbons (Fsp3) is 0.409. The van der Waals surface area contributed by atoms with Gasteiger partial charge < -0.3 is 14.8 Å². The van der Waals surface area contributed by atoms with Crippen LogP contribution >= 0.6 is 0 Å². The number of para-hydroxylation sites is 1. The lowest BCUT2D eigenvalue weighted by atomic mass is 10.1. The van der Waals surface area contributed by atoms with Crippen LogP contribution < -0.4 is 10.1 Å². The van der Waals surface area contributed by atoms with Crippen LogP contribution in [0.2, 0.25) is 0 Å². The lowest BCUT2D eigenvalue weighted by Gasteiger charge is -2.34. The molecule has 0 saturated carbocycles. The number of carbonyl (C=O) groups excluding carboxylic acids is 1. The number of benzene rings is 2. The highest BCUT2D eigenvalue weighted by Crippen LogP contribution is 2.22. The highest BCUT2D eigenvalue weighted by molar-refractivity contribution is 7.89. The third kappa shape index (κ3) is 5.19. The van der Waals surface area contributed by atoms with Crippen LogP contribution in [-0.2, 0) is 21.2 Å². The number of sulfonamides is 1. The van der Waals surface area contributed by atoms with E-state index in [1.807, 2.05) is 38.1 Å². The van der Waals surface area contributed by atoms with Gasteiger partial charge in [-0.15, -0.1) is 0 Å². The second-order valence-electron chi connectivity index (χ2n) is 7.42. The Hall–Kier alpha value is -2.42. The van der Waals surface area contributed by atoms with Crippen LogP contribution in [0.25, 0.3) is 0 Å². The molecule has 2 aromatic rings. The van der Waals surface area contributed by atoms with Gasteiger partial charge >= 0.3 is 0 Å². The molecule has 162 valence electrons. The zero-order valence-electron chi connectivity index (χ0n) is 17.5. The molecule has 0 bridgehead atoms. The molecule has 2 aromatic carbocycles. The molecule has 1 saturated heterocycles. The first-order chi connectivity index (χ1) is 14.3. The zero-order valence-corrected chi connectivity index (χ0v) is 18.3. The number of methoxy groups -OCH3 is 1. The summed E-state index contributed by atoms with van der Waals surface area (Å²) in [5.74, 6) is 0.458. The molecule has 1 N–H and O–H groups in total. The summed E-state index contributed by atoms with van der Waals surface area (Å²) in [5, 5.41) is 2.85. The molecule has 0 aromatic heterocycles. The van der Waals surface area contributed by atoms with E-state index < -0.39 is 10.0 Å². The molecular weight excluding hydrogens is 404 g/mol. The smallest absolute Gasteiger partial charge is 0.251 e. The lowest BCUT2D eigenvalue weighted by Crippen LogP contribution is -2.48. The topological polar surface area (TPSA) is 84.9 Å². The van der Waals surface area contributed by atoms with Gasteiger partial charge in [0.2, 0.25) is 10.0 Å². The van der Waals surface area contributed by atoms with Crippen LogP contribution in [0.1, 0.15) is 29.8 Å². The summed E-state index contributed by atoms with van der Waals surface area (Å²) in [7, 11) is -2.09. The Morgan fingerprint density at radius 1 is 1.13 bits per heavy atom. The molecule has 7 nitrogen and oxygen atoms in total. The molecule has 1 amide bonds. The number of hydrogen-bond acceptors (Lipinski definition) is 5. The van der Waals surface area contributed by atoms with E-state index in [1.165, 1.54) is 16.4 Å². The Labute approximate surface area is 178 Å². The van der Waals surface area contributed by atoms with Crippen LogP contribution in [0.3, 0.4) is 0 Å². The molecule has 1 aliphatic rings. The molecule has 0 aliphatic carbocycles. The van der Waals surface area contributed by atoms with E-state index in [2.05, 4.69) is 5.32 Å². The average Bonchev–Trinajstić information content (AvgIpc) is 2.73. The summed E-state index contributed by atoms with van der Waals surface area (Å²) in [6.45, 7) is 4.70. The van der Waals surface area contributed by atoms with Gasteiger partial charge in [0.15, 0.2) is 0 Å². The van der Waals surface area contributed by atoms with Crippen molar-refractivity contribution in [3.63, 3.8) is 0 Å².